The van der Waals surface area contributed by atoms with Gasteiger partial charge < -0.3 is 10.5 Å². The molecule has 5 nitrogen and oxygen atoms in total. The lowest BCUT2D eigenvalue weighted by atomic mass is 9.96. The van der Waals surface area contributed by atoms with E-state index in [-0.39, 0.29) is 5.56 Å². The van der Waals surface area contributed by atoms with Crippen molar-refractivity contribution >= 4 is 0 Å². The van der Waals surface area contributed by atoms with Gasteiger partial charge in [0, 0.05) is 16.7 Å². The molecule has 3 N–H and O–H groups in total. The van der Waals surface area contributed by atoms with Crippen molar-refractivity contribution in [2.24, 2.45) is 5.73 Å². The number of nitrogens with zero attached hydrogens (tertiary/aromatic N) is 1. The first-order valence-electron chi connectivity index (χ1n) is 6.54. The first-order chi connectivity index (χ1) is 9.41. The Bertz CT molecular complexity index is 657. The third-order valence-electron chi connectivity index (χ3n) is 2.94. The zero-order valence-corrected chi connectivity index (χ0v) is 11.9. The van der Waals surface area contributed by atoms with Gasteiger partial charge in [0.15, 0.2) is 0 Å². The van der Waals surface area contributed by atoms with E-state index in [2.05, 4.69) is 10.2 Å². The number of benzene rings is 1. The van der Waals surface area contributed by atoms with Gasteiger partial charge in [-0.05, 0) is 39.0 Å². The van der Waals surface area contributed by atoms with Gasteiger partial charge in [-0.3, -0.25) is 4.79 Å². The summed E-state index contributed by atoms with van der Waals surface area (Å²) in [5, 5.41) is 6.57. The molecule has 0 saturated heterocycles. The highest BCUT2D eigenvalue weighted by Gasteiger charge is 2.19. The minimum Gasteiger partial charge on any atom is -0.494 e. The normalized spacial score (nSPS) is 11.4. The molecule has 0 aliphatic carbocycles. The lowest BCUT2D eigenvalue weighted by Crippen LogP contribution is -2.35. The Labute approximate surface area is 117 Å². The van der Waals surface area contributed by atoms with Gasteiger partial charge in [-0.2, -0.15) is 5.10 Å². The third-order valence-corrected chi connectivity index (χ3v) is 2.94. The lowest BCUT2D eigenvalue weighted by molar-refractivity contribution is 0.340. The fourth-order valence-electron chi connectivity index (χ4n) is 1.94. The SMILES string of the molecule is CCOc1cccc(-c2cc(C(C)(C)N)c(=O)[nH]n2)c1. The summed E-state index contributed by atoms with van der Waals surface area (Å²) in [7, 11) is 0. The van der Waals surface area contributed by atoms with E-state index in [0.717, 1.165) is 11.3 Å². The number of rotatable bonds is 4. The third kappa shape index (κ3) is 3.05. The maximum absolute atomic E-state index is 11.8. The molecule has 0 amide bonds. The molecule has 0 aliphatic heterocycles. The summed E-state index contributed by atoms with van der Waals surface area (Å²) in [5.41, 5.74) is 7.07. The summed E-state index contributed by atoms with van der Waals surface area (Å²) >= 11 is 0. The summed E-state index contributed by atoms with van der Waals surface area (Å²) in [6.07, 6.45) is 0. The Morgan fingerprint density at radius 1 is 1.35 bits per heavy atom. The predicted molar refractivity (Wildman–Crippen MR) is 78.7 cm³/mol. The summed E-state index contributed by atoms with van der Waals surface area (Å²) in [6, 6.07) is 9.30. The lowest BCUT2D eigenvalue weighted by Gasteiger charge is -2.18. The van der Waals surface area contributed by atoms with Gasteiger partial charge in [0.25, 0.3) is 5.56 Å². The zero-order chi connectivity index (χ0) is 14.8. The molecule has 0 unspecified atom stereocenters. The van der Waals surface area contributed by atoms with Crippen molar-refractivity contribution in [2.45, 2.75) is 26.3 Å². The van der Waals surface area contributed by atoms with Crippen LogP contribution in [0.1, 0.15) is 26.3 Å². The van der Waals surface area contributed by atoms with Crippen LogP contribution in [0.15, 0.2) is 35.1 Å². The summed E-state index contributed by atoms with van der Waals surface area (Å²) in [6.45, 7) is 6.11. The largest absolute Gasteiger partial charge is 0.494 e. The minimum absolute atomic E-state index is 0.262. The van der Waals surface area contributed by atoms with Crippen LogP contribution in [0.25, 0.3) is 11.3 Å². The highest BCUT2D eigenvalue weighted by Crippen LogP contribution is 2.23. The molecule has 20 heavy (non-hydrogen) atoms. The van der Waals surface area contributed by atoms with Gasteiger partial charge in [0.1, 0.15) is 5.75 Å². The molecule has 1 heterocycles. The van der Waals surface area contributed by atoms with Crippen molar-refractivity contribution < 1.29 is 4.74 Å². The van der Waals surface area contributed by atoms with E-state index in [1.54, 1.807) is 19.9 Å². The molecule has 2 rings (SSSR count). The number of aromatic amines is 1. The number of hydrogen-bond acceptors (Lipinski definition) is 4. The maximum atomic E-state index is 11.8. The maximum Gasteiger partial charge on any atom is 0.269 e. The molecule has 5 heteroatoms. The van der Waals surface area contributed by atoms with Crippen LogP contribution in [-0.2, 0) is 5.54 Å². The monoisotopic (exact) mass is 273 g/mol. The molecule has 0 fully saturated rings. The highest BCUT2D eigenvalue weighted by molar-refractivity contribution is 5.61. The summed E-state index contributed by atoms with van der Waals surface area (Å²) in [5.74, 6) is 0.770. The number of nitrogens with one attached hydrogen (secondary N) is 1. The highest BCUT2D eigenvalue weighted by atomic mass is 16.5. The average molecular weight is 273 g/mol. The van der Waals surface area contributed by atoms with E-state index in [0.29, 0.717) is 17.9 Å². The van der Waals surface area contributed by atoms with Gasteiger partial charge in [-0.25, -0.2) is 5.10 Å². The van der Waals surface area contributed by atoms with Gasteiger partial charge in [0.2, 0.25) is 0 Å². The van der Waals surface area contributed by atoms with Crippen LogP contribution in [0, 0.1) is 0 Å². The van der Waals surface area contributed by atoms with Crippen molar-refractivity contribution in [1.29, 1.82) is 0 Å². The number of hydrogen-bond donors (Lipinski definition) is 2. The van der Waals surface area contributed by atoms with E-state index in [1.165, 1.54) is 0 Å². The Kier molecular flexibility index (Phi) is 3.90. The fourth-order valence-corrected chi connectivity index (χ4v) is 1.94. The Morgan fingerprint density at radius 2 is 2.10 bits per heavy atom. The molecule has 2 aromatic rings. The van der Waals surface area contributed by atoms with Crippen LogP contribution in [0.3, 0.4) is 0 Å². The summed E-state index contributed by atoms with van der Waals surface area (Å²) in [4.78, 5) is 11.8. The van der Waals surface area contributed by atoms with Crippen LogP contribution in [0.5, 0.6) is 5.75 Å². The number of ether oxygens (including phenoxy) is 1. The molecule has 106 valence electrons. The zero-order valence-electron chi connectivity index (χ0n) is 11.9. The van der Waals surface area contributed by atoms with Crippen molar-refractivity contribution in [1.82, 2.24) is 10.2 Å². The van der Waals surface area contributed by atoms with E-state index in [1.807, 2.05) is 31.2 Å². The smallest absolute Gasteiger partial charge is 0.269 e. The molecule has 0 spiro atoms. The second-order valence-corrected chi connectivity index (χ2v) is 5.18. The van der Waals surface area contributed by atoms with Crippen LogP contribution in [0.4, 0.5) is 0 Å². The van der Waals surface area contributed by atoms with Crippen LogP contribution in [0.2, 0.25) is 0 Å². The predicted octanol–water partition coefficient (Wildman–Crippen LogP) is 2.03. The Balaban J connectivity index is 2.48. The second kappa shape index (κ2) is 5.46. The first-order valence-corrected chi connectivity index (χ1v) is 6.54. The molecule has 0 aliphatic rings. The number of aromatic nitrogens is 2. The summed E-state index contributed by atoms with van der Waals surface area (Å²) < 4.78 is 5.46. The first kappa shape index (κ1) is 14.3. The van der Waals surface area contributed by atoms with E-state index in [9.17, 15) is 4.79 Å². The van der Waals surface area contributed by atoms with Crippen molar-refractivity contribution in [3.63, 3.8) is 0 Å². The van der Waals surface area contributed by atoms with Crippen LogP contribution < -0.4 is 16.0 Å². The molecule has 0 bridgehead atoms. The van der Waals surface area contributed by atoms with Gasteiger partial charge in [-0.15, -0.1) is 0 Å². The topological polar surface area (TPSA) is 81.0 Å². The molecule has 1 aromatic heterocycles. The Morgan fingerprint density at radius 3 is 2.75 bits per heavy atom. The second-order valence-electron chi connectivity index (χ2n) is 5.18. The average Bonchev–Trinajstić information content (AvgIpc) is 2.38. The Hall–Kier alpha value is -2.14. The quantitative estimate of drug-likeness (QED) is 0.893. The van der Waals surface area contributed by atoms with Crippen molar-refractivity contribution in [3.05, 3.63) is 46.2 Å². The number of nitrogens with two attached hydrogens (primary N) is 1. The van der Waals surface area contributed by atoms with Crippen LogP contribution in [-0.4, -0.2) is 16.8 Å². The molecular formula is C15H19N3O2. The van der Waals surface area contributed by atoms with Crippen molar-refractivity contribution in [3.8, 4) is 17.0 Å². The fraction of sp³-hybridized carbons (Fsp3) is 0.333. The number of H-pyrrole nitrogens is 1. The van der Waals surface area contributed by atoms with Gasteiger partial charge in [0.05, 0.1) is 12.3 Å². The molecular weight excluding hydrogens is 254 g/mol. The van der Waals surface area contributed by atoms with Gasteiger partial charge >= 0.3 is 0 Å². The molecule has 1 aromatic carbocycles. The molecule has 0 atom stereocenters. The molecule has 0 saturated carbocycles. The van der Waals surface area contributed by atoms with E-state index < -0.39 is 5.54 Å². The van der Waals surface area contributed by atoms with Gasteiger partial charge in [-0.1, -0.05) is 12.1 Å². The standard InChI is InChI=1S/C15H19N3O2/c1-4-20-11-7-5-6-10(8-11)13-9-12(15(2,3)16)14(19)18-17-13/h5-9H,4,16H2,1-3H3,(H,18,19). The van der Waals surface area contributed by atoms with Crippen molar-refractivity contribution in [2.75, 3.05) is 6.61 Å². The van der Waals surface area contributed by atoms with E-state index >= 15 is 0 Å². The van der Waals surface area contributed by atoms with E-state index in [4.69, 9.17) is 10.5 Å². The molecule has 0 radical (unpaired) electrons. The van der Waals surface area contributed by atoms with Crippen LogP contribution >= 0.6 is 0 Å². The minimum atomic E-state index is -0.719.